The standard InChI is InChI=1S/C16H23F3N2/c1-3-15(4-2)12-21(10-6-9-20-15)14-8-5-7-13(11-14)16(17,18)19/h5,7-8,11,20H,3-4,6,9-10,12H2,1-2H3. The molecule has 1 saturated heterocycles. The monoisotopic (exact) mass is 300 g/mol. The molecule has 1 aromatic rings. The highest BCUT2D eigenvalue weighted by Gasteiger charge is 2.33. The Morgan fingerprint density at radius 1 is 1.24 bits per heavy atom. The Bertz CT molecular complexity index is 467. The fourth-order valence-electron chi connectivity index (χ4n) is 2.95. The fraction of sp³-hybridized carbons (Fsp3) is 0.625. The molecule has 0 bridgehead atoms. The highest BCUT2D eigenvalue weighted by atomic mass is 19.4. The molecule has 0 radical (unpaired) electrons. The van der Waals surface area contributed by atoms with Crippen LogP contribution in [0, 0.1) is 0 Å². The van der Waals surface area contributed by atoms with Gasteiger partial charge in [-0.05, 0) is 44.0 Å². The van der Waals surface area contributed by atoms with Gasteiger partial charge < -0.3 is 10.2 Å². The van der Waals surface area contributed by atoms with Gasteiger partial charge in [0.1, 0.15) is 0 Å². The SMILES string of the molecule is CCC1(CC)CN(c2cccc(C(F)(F)F)c2)CCCN1. The zero-order valence-corrected chi connectivity index (χ0v) is 12.6. The van der Waals surface area contributed by atoms with Crippen LogP contribution in [-0.2, 0) is 6.18 Å². The third-order valence-corrected chi connectivity index (χ3v) is 4.49. The number of hydrogen-bond acceptors (Lipinski definition) is 2. The van der Waals surface area contributed by atoms with Crippen LogP contribution in [-0.4, -0.2) is 25.2 Å². The number of rotatable bonds is 3. The lowest BCUT2D eigenvalue weighted by Crippen LogP contribution is -2.50. The molecule has 0 aliphatic carbocycles. The molecule has 0 unspecified atom stereocenters. The number of hydrogen-bond donors (Lipinski definition) is 1. The molecule has 1 aromatic carbocycles. The average Bonchev–Trinajstić information content (AvgIpc) is 2.70. The predicted molar refractivity (Wildman–Crippen MR) is 79.6 cm³/mol. The molecule has 5 heteroatoms. The number of nitrogens with one attached hydrogen (secondary N) is 1. The summed E-state index contributed by atoms with van der Waals surface area (Å²) in [4.78, 5) is 2.09. The van der Waals surface area contributed by atoms with E-state index in [2.05, 4.69) is 24.1 Å². The minimum absolute atomic E-state index is 0.00919. The Morgan fingerprint density at radius 3 is 2.57 bits per heavy atom. The van der Waals surface area contributed by atoms with E-state index in [0.717, 1.165) is 45.0 Å². The van der Waals surface area contributed by atoms with Crippen LogP contribution >= 0.6 is 0 Å². The van der Waals surface area contributed by atoms with Gasteiger partial charge >= 0.3 is 6.18 Å². The van der Waals surface area contributed by atoms with E-state index in [0.29, 0.717) is 5.69 Å². The van der Waals surface area contributed by atoms with Crippen LogP contribution in [0.15, 0.2) is 24.3 Å². The van der Waals surface area contributed by atoms with Crippen molar-refractivity contribution in [2.24, 2.45) is 0 Å². The molecular formula is C16H23F3N2. The summed E-state index contributed by atoms with van der Waals surface area (Å²) in [5.41, 5.74) is 0.0840. The molecule has 1 aliphatic rings. The number of anilines is 1. The van der Waals surface area contributed by atoms with Gasteiger partial charge in [0.2, 0.25) is 0 Å². The van der Waals surface area contributed by atoms with Gasteiger partial charge in [0.15, 0.2) is 0 Å². The van der Waals surface area contributed by atoms with E-state index in [4.69, 9.17) is 0 Å². The first-order valence-corrected chi connectivity index (χ1v) is 7.57. The molecule has 21 heavy (non-hydrogen) atoms. The minimum atomic E-state index is -4.29. The van der Waals surface area contributed by atoms with Gasteiger partial charge in [0.05, 0.1) is 5.56 Å². The van der Waals surface area contributed by atoms with Gasteiger partial charge in [-0.2, -0.15) is 13.2 Å². The van der Waals surface area contributed by atoms with Crippen LogP contribution in [0.4, 0.5) is 18.9 Å². The maximum atomic E-state index is 12.9. The first-order valence-electron chi connectivity index (χ1n) is 7.57. The van der Waals surface area contributed by atoms with E-state index in [-0.39, 0.29) is 5.54 Å². The highest BCUT2D eigenvalue weighted by Crippen LogP contribution is 2.32. The van der Waals surface area contributed by atoms with Crippen molar-refractivity contribution in [1.82, 2.24) is 5.32 Å². The van der Waals surface area contributed by atoms with Crippen LogP contribution in [0.25, 0.3) is 0 Å². The third kappa shape index (κ3) is 3.70. The Kier molecular flexibility index (Phi) is 4.81. The fourth-order valence-corrected chi connectivity index (χ4v) is 2.95. The first-order chi connectivity index (χ1) is 9.90. The van der Waals surface area contributed by atoms with Gasteiger partial charge in [-0.15, -0.1) is 0 Å². The Morgan fingerprint density at radius 2 is 1.95 bits per heavy atom. The predicted octanol–water partition coefficient (Wildman–Crippen LogP) is 4.06. The van der Waals surface area contributed by atoms with E-state index in [1.54, 1.807) is 6.07 Å². The molecular weight excluding hydrogens is 277 g/mol. The van der Waals surface area contributed by atoms with Crippen molar-refractivity contribution in [2.75, 3.05) is 24.5 Å². The summed E-state index contributed by atoms with van der Waals surface area (Å²) in [5, 5.41) is 3.58. The summed E-state index contributed by atoms with van der Waals surface area (Å²) in [6.45, 7) is 6.72. The zero-order valence-electron chi connectivity index (χ0n) is 12.6. The molecule has 1 fully saturated rings. The molecule has 0 spiro atoms. The Balaban J connectivity index is 2.27. The van der Waals surface area contributed by atoms with Crippen molar-refractivity contribution in [3.05, 3.63) is 29.8 Å². The largest absolute Gasteiger partial charge is 0.416 e. The van der Waals surface area contributed by atoms with Crippen LogP contribution in [0.1, 0.15) is 38.7 Å². The smallest absolute Gasteiger partial charge is 0.370 e. The minimum Gasteiger partial charge on any atom is -0.370 e. The molecule has 0 saturated carbocycles. The molecule has 1 aliphatic heterocycles. The number of benzene rings is 1. The summed E-state index contributed by atoms with van der Waals surface area (Å²) in [6, 6.07) is 5.67. The summed E-state index contributed by atoms with van der Waals surface area (Å²) >= 11 is 0. The van der Waals surface area contributed by atoms with E-state index < -0.39 is 11.7 Å². The molecule has 2 rings (SSSR count). The molecule has 0 aromatic heterocycles. The van der Waals surface area contributed by atoms with Crippen molar-refractivity contribution < 1.29 is 13.2 Å². The van der Waals surface area contributed by atoms with E-state index in [9.17, 15) is 13.2 Å². The van der Waals surface area contributed by atoms with Crippen LogP contribution in [0.5, 0.6) is 0 Å². The Labute approximate surface area is 124 Å². The van der Waals surface area contributed by atoms with Gasteiger partial charge in [0, 0.05) is 24.3 Å². The van der Waals surface area contributed by atoms with Gasteiger partial charge in [-0.3, -0.25) is 0 Å². The average molecular weight is 300 g/mol. The maximum absolute atomic E-state index is 12.9. The van der Waals surface area contributed by atoms with E-state index >= 15 is 0 Å². The summed E-state index contributed by atoms with van der Waals surface area (Å²) in [5.74, 6) is 0. The van der Waals surface area contributed by atoms with Gasteiger partial charge in [-0.25, -0.2) is 0 Å². The molecule has 1 N–H and O–H groups in total. The quantitative estimate of drug-likeness (QED) is 0.905. The van der Waals surface area contributed by atoms with Crippen LogP contribution in [0.3, 0.4) is 0 Å². The Hall–Kier alpha value is -1.23. The second-order valence-electron chi connectivity index (χ2n) is 5.74. The lowest BCUT2D eigenvalue weighted by atomic mass is 9.92. The number of halogens is 3. The number of nitrogens with zero attached hydrogens (tertiary/aromatic N) is 1. The van der Waals surface area contributed by atoms with Crippen LogP contribution < -0.4 is 10.2 Å². The van der Waals surface area contributed by atoms with Crippen molar-refractivity contribution in [1.29, 1.82) is 0 Å². The second-order valence-corrected chi connectivity index (χ2v) is 5.74. The zero-order chi connectivity index (χ0) is 15.5. The van der Waals surface area contributed by atoms with Gasteiger partial charge in [0.25, 0.3) is 0 Å². The second kappa shape index (κ2) is 6.26. The van der Waals surface area contributed by atoms with Crippen molar-refractivity contribution in [3.63, 3.8) is 0 Å². The first kappa shape index (κ1) is 16.1. The topological polar surface area (TPSA) is 15.3 Å². The summed E-state index contributed by atoms with van der Waals surface area (Å²) in [6.07, 6.45) is -1.40. The molecule has 2 nitrogen and oxygen atoms in total. The molecule has 118 valence electrons. The van der Waals surface area contributed by atoms with Crippen LogP contribution in [0.2, 0.25) is 0 Å². The van der Waals surface area contributed by atoms with E-state index in [1.807, 2.05) is 0 Å². The summed E-state index contributed by atoms with van der Waals surface area (Å²) < 4.78 is 38.6. The van der Waals surface area contributed by atoms with Gasteiger partial charge in [-0.1, -0.05) is 19.9 Å². The number of alkyl halides is 3. The highest BCUT2D eigenvalue weighted by molar-refractivity contribution is 5.50. The summed E-state index contributed by atoms with van der Waals surface area (Å²) in [7, 11) is 0. The third-order valence-electron chi connectivity index (χ3n) is 4.49. The lowest BCUT2D eigenvalue weighted by Gasteiger charge is -2.36. The lowest BCUT2D eigenvalue weighted by molar-refractivity contribution is -0.137. The normalized spacial score (nSPS) is 19.4. The molecule has 1 heterocycles. The molecule has 0 atom stereocenters. The van der Waals surface area contributed by atoms with Crippen molar-refractivity contribution in [2.45, 2.75) is 44.8 Å². The molecule has 0 amide bonds. The van der Waals surface area contributed by atoms with E-state index in [1.165, 1.54) is 12.1 Å². The van der Waals surface area contributed by atoms with Crippen molar-refractivity contribution >= 4 is 5.69 Å². The van der Waals surface area contributed by atoms with Crippen molar-refractivity contribution in [3.8, 4) is 0 Å². The maximum Gasteiger partial charge on any atom is 0.416 e.